The molecule has 2 nitrogen and oxygen atoms in total. The first-order chi connectivity index (χ1) is 33.5. The van der Waals surface area contributed by atoms with E-state index in [9.17, 15) is 0 Å². The zero-order valence-corrected chi connectivity index (χ0v) is 40.1. The molecule has 11 aromatic rings. The molecule has 69 heavy (non-hydrogen) atoms. The fraction of sp³-hybridized carbons (Fsp3) is 0.134. The van der Waals surface area contributed by atoms with Crippen molar-refractivity contribution in [3.63, 3.8) is 0 Å². The second-order valence-corrected chi connectivity index (χ2v) is 21.3. The number of nitrogens with zero attached hydrogens (tertiary/aromatic N) is 1. The van der Waals surface area contributed by atoms with Crippen LogP contribution in [0.5, 0.6) is 0 Å². The van der Waals surface area contributed by atoms with E-state index in [1.54, 1.807) is 0 Å². The van der Waals surface area contributed by atoms with Gasteiger partial charge >= 0.3 is 0 Å². The van der Waals surface area contributed by atoms with Crippen LogP contribution in [0.3, 0.4) is 0 Å². The molecule has 0 unspecified atom stereocenters. The maximum absolute atomic E-state index is 6.61. The summed E-state index contributed by atoms with van der Waals surface area (Å²) in [4.78, 5) is 2.50. The summed E-state index contributed by atoms with van der Waals surface area (Å²) in [6, 6.07) is 79.3. The lowest BCUT2D eigenvalue weighted by atomic mass is 9.69. The average Bonchev–Trinajstić information content (AvgIpc) is 4.00. The van der Waals surface area contributed by atoms with Crippen LogP contribution in [-0.2, 0) is 16.2 Å². The lowest BCUT2D eigenvalue weighted by Crippen LogP contribution is -2.27. The first-order valence-corrected chi connectivity index (χ1v) is 24.4. The van der Waals surface area contributed by atoms with E-state index in [0.717, 1.165) is 39.0 Å². The highest BCUT2D eigenvalue weighted by molar-refractivity contribution is 6.14. The molecule has 0 saturated carbocycles. The number of fused-ring (bicyclic) bond motifs is 14. The molecule has 1 aromatic heterocycles. The predicted octanol–water partition coefficient (Wildman–Crippen LogP) is 18.5. The second kappa shape index (κ2) is 15.0. The van der Waals surface area contributed by atoms with Crippen molar-refractivity contribution in [2.75, 3.05) is 4.90 Å². The van der Waals surface area contributed by atoms with Gasteiger partial charge in [0.05, 0.1) is 22.2 Å². The molecule has 0 saturated heterocycles. The van der Waals surface area contributed by atoms with Crippen molar-refractivity contribution in [1.29, 1.82) is 0 Å². The number of hydrogen-bond acceptors (Lipinski definition) is 2. The van der Waals surface area contributed by atoms with E-state index in [4.69, 9.17) is 4.42 Å². The third-order valence-electron chi connectivity index (χ3n) is 15.2. The molecule has 0 radical (unpaired) electrons. The summed E-state index contributed by atoms with van der Waals surface area (Å²) in [5.41, 5.74) is 22.5. The van der Waals surface area contributed by atoms with Gasteiger partial charge in [-0.1, -0.05) is 211 Å². The van der Waals surface area contributed by atoms with Crippen molar-refractivity contribution in [2.45, 2.75) is 57.8 Å². The minimum absolute atomic E-state index is 0.0291. The summed E-state index contributed by atoms with van der Waals surface area (Å²) in [5, 5.41) is 4.71. The van der Waals surface area contributed by atoms with Gasteiger partial charge in [-0.25, -0.2) is 0 Å². The molecule has 0 aliphatic heterocycles. The highest BCUT2D eigenvalue weighted by Crippen LogP contribution is 2.65. The van der Waals surface area contributed by atoms with Gasteiger partial charge in [-0.2, -0.15) is 0 Å². The van der Waals surface area contributed by atoms with Gasteiger partial charge in [0.25, 0.3) is 0 Å². The Hall–Kier alpha value is -7.94. The molecule has 2 aliphatic carbocycles. The molecule has 0 fully saturated rings. The number of rotatable bonds is 5. The Bertz CT molecular complexity index is 3790. The zero-order chi connectivity index (χ0) is 46.8. The Labute approximate surface area is 405 Å². The quantitative estimate of drug-likeness (QED) is 0.171. The number of furan rings is 1. The van der Waals surface area contributed by atoms with Gasteiger partial charge in [-0.15, -0.1) is 0 Å². The van der Waals surface area contributed by atoms with Crippen LogP contribution >= 0.6 is 0 Å². The molecule has 1 spiro atoms. The smallest absolute Gasteiger partial charge is 0.137 e. The lowest BCUT2D eigenvalue weighted by molar-refractivity contribution is 0.586. The van der Waals surface area contributed by atoms with E-state index in [1.165, 1.54) is 88.7 Å². The molecule has 10 aromatic carbocycles. The van der Waals surface area contributed by atoms with Crippen LogP contribution in [0.4, 0.5) is 17.1 Å². The SMILES string of the molecule is CC(C)(C)c1ccc2c(c1)C1(c3cc(C(C)(C)C)ccc3-2)c2ccccc2-c2c(N(c3ccc(-c4ccc(-c5ccc6ccccc6c5)cc4)cc3)c3cccc4oc5ccccc5c34)cccc21. The predicted molar refractivity (Wildman–Crippen MR) is 290 cm³/mol. The summed E-state index contributed by atoms with van der Waals surface area (Å²) in [6.07, 6.45) is 0. The number of anilines is 3. The normalized spacial score (nSPS) is 13.5. The highest BCUT2D eigenvalue weighted by Gasteiger charge is 2.53. The van der Waals surface area contributed by atoms with Crippen molar-refractivity contribution in [2.24, 2.45) is 0 Å². The highest BCUT2D eigenvalue weighted by atomic mass is 16.3. The van der Waals surface area contributed by atoms with Gasteiger partial charge in [0.15, 0.2) is 0 Å². The first kappa shape index (κ1) is 41.3. The Morgan fingerprint density at radius 1 is 0.377 bits per heavy atom. The van der Waals surface area contributed by atoms with Gasteiger partial charge in [0.1, 0.15) is 11.2 Å². The van der Waals surface area contributed by atoms with Gasteiger partial charge in [-0.3, -0.25) is 0 Å². The second-order valence-electron chi connectivity index (χ2n) is 21.3. The van der Waals surface area contributed by atoms with Gasteiger partial charge in [-0.05, 0) is 136 Å². The Morgan fingerprint density at radius 3 is 1.61 bits per heavy atom. The van der Waals surface area contributed by atoms with Crippen LogP contribution in [0, 0.1) is 0 Å². The minimum atomic E-state index is -0.530. The van der Waals surface area contributed by atoms with E-state index in [0.29, 0.717) is 0 Å². The Morgan fingerprint density at radius 2 is 0.913 bits per heavy atom. The van der Waals surface area contributed by atoms with Crippen molar-refractivity contribution < 1.29 is 4.42 Å². The van der Waals surface area contributed by atoms with Crippen LogP contribution in [0.15, 0.2) is 217 Å². The van der Waals surface area contributed by atoms with E-state index < -0.39 is 5.41 Å². The molecular formula is C67H53NO. The first-order valence-electron chi connectivity index (χ1n) is 24.4. The van der Waals surface area contributed by atoms with E-state index in [1.807, 2.05) is 0 Å². The molecule has 332 valence electrons. The molecule has 0 amide bonds. The average molecular weight is 888 g/mol. The number of para-hydroxylation sites is 1. The summed E-state index contributed by atoms with van der Waals surface area (Å²) in [7, 11) is 0. The molecule has 13 rings (SSSR count). The van der Waals surface area contributed by atoms with Gasteiger partial charge < -0.3 is 9.32 Å². The molecule has 1 heterocycles. The largest absolute Gasteiger partial charge is 0.456 e. The summed E-state index contributed by atoms with van der Waals surface area (Å²) >= 11 is 0. The number of benzene rings is 10. The van der Waals surface area contributed by atoms with Crippen molar-refractivity contribution in [1.82, 2.24) is 0 Å². The molecule has 2 aliphatic rings. The van der Waals surface area contributed by atoms with E-state index >= 15 is 0 Å². The maximum atomic E-state index is 6.61. The summed E-state index contributed by atoms with van der Waals surface area (Å²) in [5.74, 6) is 0. The van der Waals surface area contributed by atoms with Crippen molar-refractivity contribution in [3.05, 3.63) is 246 Å². The summed E-state index contributed by atoms with van der Waals surface area (Å²) in [6.45, 7) is 14.0. The maximum Gasteiger partial charge on any atom is 0.137 e. The third-order valence-corrected chi connectivity index (χ3v) is 15.2. The van der Waals surface area contributed by atoms with Crippen LogP contribution in [0.1, 0.15) is 74.9 Å². The molecule has 0 N–H and O–H groups in total. The Balaban J connectivity index is 1.03. The van der Waals surface area contributed by atoms with Gasteiger partial charge in [0, 0.05) is 16.6 Å². The molecule has 0 bridgehead atoms. The van der Waals surface area contributed by atoms with Crippen LogP contribution in [0.25, 0.3) is 77.2 Å². The Kier molecular flexibility index (Phi) is 8.99. The number of hydrogen-bond donors (Lipinski definition) is 0. The molecule has 2 heteroatoms. The standard InChI is InChI=1S/C67H53NO/c1-65(2,3)48-33-37-51-52-38-34-49(66(4,5)6)41-58(52)67(57(51)40-48)55-19-11-9-17-53(55)63-56(67)20-13-21-59(63)68(60-22-14-24-62-64(60)54-18-10-12-23-61(54)69-62)50-35-31-44(32-36-50)43-25-27-45(28-26-43)47-30-29-42-15-7-8-16-46(42)39-47/h7-41H,1-6H3. The fourth-order valence-corrected chi connectivity index (χ4v) is 11.7. The van der Waals surface area contributed by atoms with Crippen LogP contribution < -0.4 is 4.90 Å². The fourth-order valence-electron chi connectivity index (χ4n) is 11.7. The monoisotopic (exact) mass is 887 g/mol. The lowest BCUT2D eigenvalue weighted by Gasteiger charge is -2.33. The summed E-state index contributed by atoms with van der Waals surface area (Å²) < 4.78 is 6.61. The minimum Gasteiger partial charge on any atom is -0.456 e. The van der Waals surface area contributed by atoms with Crippen LogP contribution in [0.2, 0.25) is 0 Å². The van der Waals surface area contributed by atoms with Crippen LogP contribution in [-0.4, -0.2) is 0 Å². The molecular weight excluding hydrogens is 835 g/mol. The van der Waals surface area contributed by atoms with Gasteiger partial charge in [0.2, 0.25) is 0 Å². The third kappa shape index (κ3) is 6.24. The van der Waals surface area contributed by atoms with Crippen molar-refractivity contribution in [3.8, 4) is 44.5 Å². The van der Waals surface area contributed by atoms with E-state index in [-0.39, 0.29) is 10.8 Å². The molecule has 0 atom stereocenters. The van der Waals surface area contributed by atoms with Crippen molar-refractivity contribution >= 4 is 49.8 Å². The van der Waals surface area contributed by atoms with E-state index in [2.05, 4.69) is 259 Å². The topological polar surface area (TPSA) is 16.4 Å². The zero-order valence-electron chi connectivity index (χ0n) is 40.1.